The summed E-state index contributed by atoms with van der Waals surface area (Å²) in [5, 5.41) is 13.1. The first kappa shape index (κ1) is 25.6. The van der Waals surface area contributed by atoms with E-state index in [4.69, 9.17) is 4.74 Å². The number of benzene rings is 2. The number of hydrogen-bond acceptors (Lipinski definition) is 6. The fraction of sp³-hybridized carbons (Fsp3) is 0.357. The van der Waals surface area contributed by atoms with Crippen molar-refractivity contribution in [2.45, 2.75) is 18.9 Å². The molecule has 0 amide bonds. The van der Waals surface area contributed by atoms with E-state index in [0.717, 1.165) is 49.5 Å². The number of ether oxygens (including phenoxy) is 1. The van der Waals surface area contributed by atoms with Gasteiger partial charge >= 0.3 is 0 Å². The van der Waals surface area contributed by atoms with Crippen LogP contribution < -0.4 is 10.9 Å². The molecule has 7 nitrogen and oxygen atoms in total. The average molecular weight is 491 g/mol. The van der Waals surface area contributed by atoms with Crippen molar-refractivity contribution in [2.75, 3.05) is 46.1 Å². The van der Waals surface area contributed by atoms with E-state index in [-0.39, 0.29) is 18.2 Å². The number of nitrogens with zero attached hydrogens (tertiary/aromatic N) is 2. The van der Waals surface area contributed by atoms with Gasteiger partial charge < -0.3 is 20.1 Å². The van der Waals surface area contributed by atoms with Crippen LogP contribution in [0.2, 0.25) is 0 Å². The minimum atomic E-state index is -0.574. The lowest BCUT2D eigenvalue weighted by Crippen LogP contribution is -2.35. The fourth-order valence-electron chi connectivity index (χ4n) is 4.16. The number of aromatic nitrogens is 2. The van der Waals surface area contributed by atoms with Gasteiger partial charge in [0.15, 0.2) is 0 Å². The molecule has 1 aliphatic heterocycles. The molecule has 1 aromatic heterocycles. The Hall–Kier alpha value is -3.51. The first-order chi connectivity index (χ1) is 17.6. The van der Waals surface area contributed by atoms with Gasteiger partial charge in [0.2, 0.25) is 5.75 Å². The zero-order valence-electron chi connectivity index (χ0n) is 20.2. The second-order valence-electron chi connectivity index (χ2n) is 8.78. The van der Waals surface area contributed by atoms with Crippen LogP contribution >= 0.6 is 0 Å². The zero-order valence-corrected chi connectivity index (χ0v) is 20.2. The third-order valence-electron chi connectivity index (χ3n) is 6.20. The number of rotatable bonds is 9. The van der Waals surface area contributed by atoms with Gasteiger partial charge in [0.05, 0.1) is 25.2 Å². The van der Waals surface area contributed by atoms with Crippen molar-refractivity contribution in [3.8, 4) is 17.6 Å². The molecule has 4 rings (SSSR count). The molecule has 2 heterocycles. The van der Waals surface area contributed by atoms with Crippen molar-refractivity contribution < 1.29 is 14.2 Å². The van der Waals surface area contributed by atoms with Gasteiger partial charge in [0.25, 0.3) is 5.56 Å². The van der Waals surface area contributed by atoms with Crippen LogP contribution in [-0.4, -0.2) is 66.0 Å². The molecule has 1 saturated heterocycles. The van der Waals surface area contributed by atoms with Gasteiger partial charge in [-0.05, 0) is 35.4 Å². The number of halogens is 1. The highest BCUT2D eigenvalue weighted by Gasteiger charge is 2.17. The number of nitrogens with one attached hydrogen (secondary N) is 2. The monoisotopic (exact) mass is 490 g/mol. The Labute approximate surface area is 210 Å². The number of morpholine rings is 1. The van der Waals surface area contributed by atoms with Crippen molar-refractivity contribution in [3.63, 3.8) is 0 Å². The average Bonchev–Trinajstić information content (AvgIpc) is 2.91. The van der Waals surface area contributed by atoms with E-state index < -0.39 is 12.2 Å². The first-order valence-electron chi connectivity index (χ1n) is 12.2. The number of aromatic hydroxyl groups is 1. The van der Waals surface area contributed by atoms with Crippen molar-refractivity contribution in [1.82, 2.24) is 20.2 Å². The van der Waals surface area contributed by atoms with Crippen LogP contribution in [0.25, 0.3) is 0 Å². The van der Waals surface area contributed by atoms with E-state index in [1.54, 1.807) is 0 Å². The van der Waals surface area contributed by atoms with E-state index in [1.165, 1.54) is 11.9 Å². The maximum Gasteiger partial charge on any atom is 0.293 e. The van der Waals surface area contributed by atoms with E-state index in [0.29, 0.717) is 18.7 Å². The van der Waals surface area contributed by atoms with Crippen LogP contribution in [-0.2, 0) is 17.7 Å². The third kappa shape index (κ3) is 7.25. The molecule has 0 radical (unpaired) electrons. The van der Waals surface area contributed by atoms with Crippen LogP contribution in [0.3, 0.4) is 0 Å². The number of H-pyrrole nitrogens is 1. The largest absolute Gasteiger partial charge is 0.502 e. The molecule has 0 unspecified atom stereocenters. The molecule has 1 atom stereocenters. The van der Waals surface area contributed by atoms with Gasteiger partial charge in [-0.15, -0.1) is 0 Å². The normalized spacial score (nSPS) is 14.7. The minimum Gasteiger partial charge on any atom is -0.502 e. The Morgan fingerprint density at radius 3 is 2.42 bits per heavy atom. The predicted octanol–water partition coefficient (Wildman–Crippen LogP) is 2.59. The van der Waals surface area contributed by atoms with Crippen LogP contribution in [0.15, 0.2) is 59.7 Å². The number of hydrogen-bond donors (Lipinski definition) is 3. The molecule has 8 heteroatoms. The molecule has 0 aliphatic carbocycles. The second kappa shape index (κ2) is 13.0. The van der Waals surface area contributed by atoms with Crippen molar-refractivity contribution >= 4 is 0 Å². The molecular formula is C28H31FN4O3. The Morgan fingerprint density at radius 2 is 1.75 bits per heavy atom. The van der Waals surface area contributed by atoms with Gasteiger partial charge in [0, 0.05) is 56.2 Å². The summed E-state index contributed by atoms with van der Waals surface area (Å²) in [4.78, 5) is 20.6. The summed E-state index contributed by atoms with van der Waals surface area (Å²) in [6, 6.07) is 16.2. The number of alkyl halides is 1. The highest BCUT2D eigenvalue weighted by Crippen LogP contribution is 2.23. The molecule has 36 heavy (non-hydrogen) atoms. The van der Waals surface area contributed by atoms with E-state index in [2.05, 4.69) is 44.2 Å². The Kier molecular flexibility index (Phi) is 9.22. The quantitative estimate of drug-likeness (QED) is 0.316. The van der Waals surface area contributed by atoms with Gasteiger partial charge in [-0.2, -0.15) is 0 Å². The molecule has 3 N–H and O–H groups in total. The van der Waals surface area contributed by atoms with Crippen molar-refractivity contribution in [2.24, 2.45) is 0 Å². The standard InChI is InChI=1S/C28H31FN4O3/c29-11-12-30-18-25(17-26-27(34)28(35)32-20-31-26)24-9-7-22(8-10-24)2-1-21-3-5-23(6-4-21)19-33-13-15-36-16-14-33/h3-10,20,25,30,34H,11-19H2,(H,31,32,35)/t25-/m0/s1. The summed E-state index contributed by atoms with van der Waals surface area (Å²) in [7, 11) is 0. The summed E-state index contributed by atoms with van der Waals surface area (Å²) in [6.07, 6.45) is 1.62. The topological polar surface area (TPSA) is 90.5 Å². The Balaban J connectivity index is 1.42. The maximum atomic E-state index is 12.6. The summed E-state index contributed by atoms with van der Waals surface area (Å²) in [5.74, 6) is 5.94. The van der Waals surface area contributed by atoms with Crippen LogP contribution in [0, 0.1) is 11.8 Å². The molecule has 2 aromatic carbocycles. The lowest BCUT2D eigenvalue weighted by Gasteiger charge is -2.26. The van der Waals surface area contributed by atoms with Gasteiger partial charge in [-0.1, -0.05) is 36.1 Å². The van der Waals surface area contributed by atoms with Crippen LogP contribution in [0.5, 0.6) is 5.75 Å². The summed E-state index contributed by atoms with van der Waals surface area (Å²) < 4.78 is 18.0. The smallest absolute Gasteiger partial charge is 0.293 e. The zero-order chi connectivity index (χ0) is 25.2. The minimum absolute atomic E-state index is 0.0993. The second-order valence-corrected chi connectivity index (χ2v) is 8.78. The molecule has 1 fully saturated rings. The van der Waals surface area contributed by atoms with Crippen molar-refractivity contribution in [3.05, 3.63) is 93.2 Å². The molecular weight excluding hydrogens is 459 g/mol. The number of aromatic amines is 1. The Morgan fingerprint density at radius 1 is 1.08 bits per heavy atom. The summed E-state index contributed by atoms with van der Waals surface area (Å²) in [6.45, 7) is 4.69. The SMILES string of the molecule is O=c1[nH]cnc(C[C@@H](CNCCF)c2ccc(C#Cc3ccc(CN4CCOCC4)cc3)cc2)c1O. The highest BCUT2D eigenvalue weighted by atomic mass is 19.1. The Bertz CT molecular complexity index is 1230. The van der Waals surface area contributed by atoms with Gasteiger partial charge in [0.1, 0.15) is 6.67 Å². The highest BCUT2D eigenvalue weighted by molar-refractivity contribution is 5.44. The summed E-state index contributed by atoms with van der Waals surface area (Å²) >= 11 is 0. The molecule has 1 aliphatic rings. The lowest BCUT2D eigenvalue weighted by atomic mass is 9.93. The molecule has 0 bridgehead atoms. The third-order valence-corrected chi connectivity index (χ3v) is 6.20. The predicted molar refractivity (Wildman–Crippen MR) is 137 cm³/mol. The molecule has 188 valence electrons. The summed E-state index contributed by atoms with van der Waals surface area (Å²) in [5.41, 5.74) is 3.82. The maximum absolute atomic E-state index is 12.6. The lowest BCUT2D eigenvalue weighted by molar-refractivity contribution is 0.0342. The van der Waals surface area contributed by atoms with Crippen LogP contribution in [0.1, 0.15) is 33.9 Å². The molecule has 0 saturated carbocycles. The van der Waals surface area contributed by atoms with E-state index in [1.807, 2.05) is 36.4 Å². The molecule has 0 spiro atoms. The van der Waals surface area contributed by atoms with Gasteiger partial charge in [-0.3, -0.25) is 9.69 Å². The first-order valence-corrected chi connectivity index (χ1v) is 12.2. The van der Waals surface area contributed by atoms with Crippen molar-refractivity contribution in [1.29, 1.82) is 0 Å². The molecule has 3 aromatic rings. The van der Waals surface area contributed by atoms with Gasteiger partial charge in [-0.25, -0.2) is 9.37 Å². The van der Waals surface area contributed by atoms with E-state index >= 15 is 0 Å². The fourth-order valence-corrected chi connectivity index (χ4v) is 4.16. The van der Waals surface area contributed by atoms with E-state index in [9.17, 15) is 14.3 Å². The van der Waals surface area contributed by atoms with Crippen LogP contribution in [0.4, 0.5) is 4.39 Å².